The predicted molar refractivity (Wildman–Crippen MR) is 112 cm³/mol. The average Bonchev–Trinajstić information content (AvgIpc) is 2.77. The van der Waals surface area contributed by atoms with Gasteiger partial charge in [0.05, 0.1) is 12.2 Å². The van der Waals surface area contributed by atoms with Gasteiger partial charge < -0.3 is 15.2 Å². The number of benzene rings is 2. The third kappa shape index (κ3) is 3.89. The van der Waals surface area contributed by atoms with E-state index in [4.69, 9.17) is 15.2 Å². The van der Waals surface area contributed by atoms with Crippen molar-refractivity contribution in [3.8, 4) is 11.5 Å². The molecule has 1 amide bonds. The molecule has 0 bridgehead atoms. The fraction of sp³-hybridized carbons (Fsp3) is 0.208. The lowest BCUT2D eigenvalue weighted by Gasteiger charge is -2.24. The van der Waals surface area contributed by atoms with Crippen LogP contribution in [0.15, 0.2) is 60.9 Å². The smallest absolute Gasteiger partial charge is 0.248 e. The lowest BCUT2D eigenvalue weighted by molar-refractivity contribution is 0.0930. The second-order valence-electron chi connectivity index (χ2n) is 7.10. The van der Waals surface area contributed by atoms with Gasteiger partial charge in [-0.05, 0) is 53.4 Å². The largest absolute Gasteiger partial charge is 0.492 e. The van der Waals surface area contributed by atoms with Gasteiger partial charge in [0.25, 0.3) is 0 Å². The molecule has 0 aliphatic carbocycles. The number of carbonyl (C=O) groups excluding carboxylic acids is 2. The minimum absolute atomic E-state index is 0.104. The standard InChI is InChI=1S/C24H22N2O4/c1-2-15-13-19(14-21-22(15)20(27)9-12-29-21)30-23(17-7-10-26-11-8-17)16-3-5-18(6-4-16)24(25)28/h3-8,10-11,13-14,23H,2,9,12H2,1H3,(H2,25,28). The molecule has 6 heteroatoms. The van der Waals surface area contributed by atoms with Crippen molar-refractivity contribution >= 4 is 11.7 Å². The van der Waals surface area contributed by atoms with E-state index >= 15 is 0 Å². The molecule has 2 aromatic carbocycles. The zero-order chi connectivity index (χ0) is 21.1. The van der Waals surface area contributed by atoms with Gasteiger partial charge in [-0.15, -0.1) is 0 Å². The Kier molecular flexibility index (Phi) is 5.48. The summed E-state index contributed by atoms with van der Waals surface area (Å²) in [5, 5.41) is 0. The number of nitrogens with two attached hydrogens (primary N) is 1. The Labute approximate surface area is 174 Å². The van der Waals surface area contributed by atoms with E-state index in [1.165, 1.54) is 0 Å². The number of primary amides is 1. The number of aromatic nitrogens is 1. The highest BCUT2D eigenvalue weighted by Crippen LogP contribution is 2.36. The van der Waals surface area contributed by atoms with Gasteiger partial charge in [-0.3, -0.25) is 14.6 Å². The van der Waals surface area contributed by atoms with Crippen LogP contribution in [0.2, 0.25) is 0 Å². The number of hydrogen-bond acceptors (Lipinski definition) is 5. The summed E-state index contributed by atoms with van der Waals surface area (Å²) in [5.41, 5.74) is 9.12. The maximum atomic E-state index is 12.4. The maximum absolute atomic E-state index is 12.4. The zero-order valence-electron chi connectivity index (χ0n) is 16.6. The number of ketones is 1. The molecule has 6 nitrogen and oxygen atoms in total. The first kappa shape index (κ1) is 19.6. The van der Waals surface area contributed by atoms with Crippen molar-refractivity contribution in [2.24, 2.45) is 5.73 Å². The van der Waals surface area contributed by atoms with E-state index in [9.17, 15) is 9.59 Å². The lowest BCUT2D eigenvalue weighted by Crippen LogP contribution is -2.18. The van der Waals surface area contributed by atoms with Gasteiger partial charge in [0.15, 0.2) is 5.78 Å². The molecule has 1 aliphatic rings. The third-order valence-corrected chi connectivity index (χ3v) is 5.16. The summed E-state index contributed by atoms with van der Waals surface area (Å²) in [7, 11) is 0. The number of hydrogen-bond donors (Lipinski definition) is 1. The van der Waals surface area contributed by atoms with Gasteiger partial charge in [0, 0.05) is 30.4 Å². The van der Waals surface area contributed by atoms with E-state index in [0.29, 0.717) is 42.1 Å². The number of aryl methyl sites for hydroxylation is 1. The first-order valence-electron chi connectivity index (χ1n) is 9.86. The second-order valence-corrected chi connectivity index (χ2v) is 7.10. The van der Waals surface area contributed by atoms with Crippen molar-refractivity contribution in [3.05, 3.63) is 88.7 Å². The summed E-state index contributed by atoms with van der Waals surface area (Å²) >= 11 is 0. The van der Waals surface area contributed by atoms with Crippen molar-refractivity contribution in [1.29, 1.82) is 0 Å². The first-order chi connectivity index (χ1) is 14.6. The lowest BCUT2D eigenvalue weighted by atomic mass is 9.96. The molecule has 1 atom stereocenters. The minimum atomic E-state index is -0.480. The number of nitrogens with zero attached hydrogens (tertiary/aromatic N) is 1. The maximum Gasteiger partial charge on any atom is 0.248 e. The zero-order valence-corrected chi connectivity index (χ0v) is 16.6. The number of pyridine rings is 1. The highest BCUT2D eigenvalue weighted by molar-refractivity contribution is 6.01. The quantitative estimate of drug-likeness (QED) is 0.676. The first-order valence-corrected chi connectivity index (χ1v) is 9.86. The fourth-order valence-electron chi connectivity index (χ4n) is 3.63. The van der Waals surface area contributed by atoms with Gasteiger partial charge in [-0.2, -0.15) is 0 Å². The molecule has 0 radical (unpaired) electrons. The summed E-state index contributed by atoms with van der Waals surface area (Å²) in [6.07, 6.45) is 4.07. The van der Waals surface area contributed by atoms with E-state index in [-0.39, 0.29) is 5.78 Å². The van der Waals surface area contributed by atoms with E-state index in [2.05, 4.69) is 4.98 Å². The van der Waals surface area contributed by atoms with Crippen molar-refractivity contribution in [2.75, 3.05) is 6.61 Å². The van der Waals surface area contributed by atoms with Gasteiger partial charge >= 0.3 is 0 Å². The minimum Gasteiger partial charge on any atom is -0.492 e. The Balaban J connectivity index is 1.74. The van der Waals surface area contributed by atoms with Crippen LogP contribution in [-0.4, -0.2) is 23.3 Å². The molecule has 0 saturated carbocycles. The van der Waals surface area contributed by atoms with Crippen LogP contribution in [0.4, 0.5) is 0 Å². The van der Waals surface area contributed by atoms with Crippen LogP contribution >= 0.6 is 0 Å². The summed E-state index contributed by atoms with van der Waals surface area (Å²) in [6.45, 7) is 2.38. The SMILES string of the molecule is CCc1cc(OC(c2ccncc2)c2ccc(C(N)=O)cc2)cc2c1C(=O)CCO2. The van der Waals surface area contributed by atoms with Crippen molar-refractivity contribution in [1.82, 2.24) is 4.98 Å². The van der Waals surface area contributed by atoms with Crippen molar-refractivity contribution in [3.63, 3.8) is 0 Å². The molecule has 1 aliphatic heterocycles. The van der Waals surface area contributed by atoms with Crippen LogP contribution in [0.3, 0.4) is 0 Å². The van der Waals surface area contributed by atoms with Gasteiger partial charge in [0.2, 0.25) is 5.91 Å². The Morgan fingerprint density at radius 2 is 1.83 bits per heavy atom. The van der Waals surface area contributed by atoms with Crippen molar-refractivity contribution < 1.29 is 19.1 Å². The van der Waals surface area contributed by atoms with Crippen LogP contribution < -0.4 is 15.2 Å². The summed E-state index contributed by atoms with van der Waals surface area (Å²) in [6, 6.07) is 14.4. The summed E-state index contributed by atoms with van der Waals surface area (Å²) < 4.78 is 12.1. The van der Waals surface area contributed by atoms with Crippen molar-refractivity contribution in [2.45, 2.75) is 25.9 Å². The van der Waals surface area contributed by atoms with Crippen LogP contribution in [0.5, 0.6) is 11.5 Å². The molecule has 0 saturated heterocycles. The third-order valence-electron chi connectivity index (χ3n) is 5.16. The number of carbonyl (C=O) groups is 2. The van der Waals surface area contributed by atoms with E-state index in [1.54, 1.807) is 30.6 Å². The average molecular weight is 402 g/mol. The highest BCUT2D eigenvalue weighted by atomic mass is 16.5. The second kappa shape index (κ2) is 8.37. The van der Waals surface area contributed by atoms with Crippen LogP contribution in [0.25, 0.3) is 0 Å². The highest BCUT2D eigenvalue weighted by Gasteiger charge is 2.24. The topological polar surface area (TPSA) is 91.5 Å². The molecule has 4 rings (SSSR count). The van der Waals surface area contributed by atoms with E-state index < -0.39 is 12.0 Å². The fourth-order valence-corrected chi connectivity index (χ4v) is 3.63. The van der Waals surface area contributed by atoms with Gasteiger partial charge in [-0.1, -0.05) is 19.1 Å². The predicted octanol–water partition coefficient (Wildman–Crippen LogP) is 3.88. The van der Waals surface area contributed by atoms with E-state index in [1.807, 2.05) is 37.3 Å². The molecule has 0 fully saturated rings. The number of fused-ring (bicyclic) bond motifs is 1. The van der Waals surface area contributed by atoms with Crippen LogP contribution in [0, 0.1) is 0 Å². The van der Waals surface area contributed by atoms with Gasteiger partial charge in [0.1, 0.15) is 17.6 Å². The Morgan fingerprint density at radius 3 is 2.50 bits per heavy atom. The molecule has 2 N–H and O–H groups in total. The van der Waals surface area contributed by atoms with Gasteiger partial charge in [-0.25, -0.2) is 0 Å². The molecule has 0 spiro atoms. The molecule has 1 unspecified atom stereocenters. The number of rotatable bonds is 6. The Hall–Kier alpha value is -3.67. The monoisotopic (exact) mass is 402 g/mol. The number of amides is 1. The Bertz CT molecular complexity index is 1060. The Morgan fingerprint density at radius 1 is 1.13 bits per heavy atom. The number of ether oxygens (including phenoxy) is 2. The summed E-state index contributed by atoms with van der Waals surface area (Å²) in [5.74, 6) is 0.804. The molecule has 2 heterocycles. The van der Waals surface area contributed by atoms with Crippen LogP contribution in [0.1, 0.15) is 56.9 Å². The molecular weight excluding hydrogens is 380 g/mol. The normalized spacial score (nSPS) is 13.8. The van der Waals surface area contributed by atoms with E-state index in [0.717, 1.165) is 16.7 Å². The molecule has 152 valence electrons. The number of Topliss-reactive ketones (excluding diaryl/α,β-unsaturated/α-hetero) is 1. The molecular formula is C24H22N2O4. The summed E-state index contributed by atoms with van der Waals surface area (Å²) in [4.78, 5) is 27.9. The molecule has 3 aromatic rings. The van der Waals surface area contributed by atoms with Crippen LogP contribution in [-0.2, 0) is 6.42 Å². The molecule has 30 heavy (non-hydrogen) atoms. The molecule has 1 aromatic heterocycles.